The highest BCUT2D eigenvalue weighted by molar-refractivity contribution is 7.80. The predicted octanol–water partition coefficient (Wildman–Crippen LogP) is 3.40. The Hall–Kier alpha value is -2.92. The minimum atomic E-state index is -0.150. The summed E-state index contributed by atoms with van der Waals surface area (Å²) in [5.41, 5.74) is 7.18. The number of carbonyl (C=O) groups is 1. The zero-order valence-electron chi connectivity index (χ0n) is 13.0. The molecule has 24 heavy (non-hydrogen) atoms. The van der Waals surface area contributed by atoms with Gasteiger partial charge in [-0.2, -0.15) is 0 Å². The molecule has 0 bridgehead atoms. The number of hydrogen-bond acceptors (Lipinski definition) is 2. The van der Waals surface area contributed by atoms with E-state index in [1.54, 1.807) is 0 Å². The fourth-order valence-electron chi connectivity index (χ4n) is 2.44. The monoisotopic (exact) mass is 335 g/mol. The van der Waals surface area contributed by atoms with Gasteiger partial charge in [-0.3, -0.25) is 15.6 Å². The number of thiocarbonyl (C=S) groups is 1. The van der Waals surface area contributed by atoms with Crippen LogP contribution in [0.25, 0.3) is 10.8 Å². The number of amides is 1. The second-order valence-electron chi connectivity index (χ2n) is 5.32. The van der Waals surface area contributed by atoms with Crippen LogP contribution < -0.4 is 16.2 Å². The third-order valence-corrected chi connectivity index (χ3v) is 3.76. The normalized spacial score (nSPS) is 10.2. The summed E-state index contributed by atoms with van der Waals surface area (Å²) in [6, 6.07) is 23.5. The largest absolute Gasteiger partial charge is 0.331 e. The van der Waals surface area contributed by atoms with E-state index in [0.717, 1.165) is 22.0 Å². The minimum Gasteiger partial charge on any atom is -0.331 e. The molecule has 3 N–H and O–H groups in total. The number of anilines is 1. The number of fused-ring (bicyclic) bond motifs is 1. The number of carbonyl (C=O) groups excluding carboxylic acids is 1. The Kier molecular flexibility index (Phi) is 5.03. The molecule has 3 aromatic carbocycles. The second kappa shape index (κ2) is 7.57. The maximum atomic E-state index is 11.9. The minimum absolute atomic E-state index is 0.150. The Morgan fingerprint density at radius 3 is 2.38 bits per heavy atom. The van der Waals surface area contributed by atoms with Gasteiger partial charge < -0.3 is 5.32 Å². The van der Waals surface area contributed by atoms with Gasteiger partial charge in [0.25, 0.3) is 0 Å². The van der Waals surface area contributed by atoms with Crippen molar-refractivity contribution in [2.24, 2.45) is 0 Å². The highest BCUT2D eigenvalue weighted by Crippen LogP contribution is 2.22. The van der Waals surface area contributed by atoms with Crippen LogP contribution in [0.2, 0.25) is 0 Å². The van der Waals surface area contributed by atoms with Crippen molar-refractivity contribution >= 4 is 39.7 Å². The quantitative estimate of drug-likeness (QED) is 0.507. The SMILES string of the molecule is O=C(Cc1ccccc1)NNC(=S)Nc1cccc2ccccc12. The lowest BCUT2D eigenvalue weighted by Crippen LogP contribution is -2.44. The number of rotatable bonds is 3. The van der Waals surface area contributed by atoms with Gasteiger partial charge in [-0.1, -0.05) is 66.7 Å². The van der Waals surface area contributed by atoms with Crippen LogP contribution in [0, 0.1) is 0 Å². The number of nitrogens with one attached hydrogen (secondary N) is 3. The van der Waals surface area contributed by atoms with Crippen LogP contribution in [0.4, 0.5) is 5.69 Å². The first-order chi connectivity index (χ1) is 11.7. The Morgan fingerprint density at radius 1 is 0.833 bits per heavy atom. The number of benzene rings is 3. The van der Waals surface area contributed by atoms with Crippen LogP contribution in [0.5, 0.6) is 0 Å². The maximum Gasteiger partial charge on any atom is 0.242 e. The lowest BCUT2D eigenvalue weighted by Gasteiger charge is -2.13. The molecule has 0 heterocycles. The second-order valence-corrected chi connectivity index (χ2v) is 5.72. The molecule has 0 spiro atoms. The van der Waals surface area contributed by atoms with Crippen molar-refractivity contribution in [2.45, 2.75) is 6.42 Å². The molecule has 3 aromatic rings. The molecule has 0 aliphatic carbocycles. The fraction of sp³-hybridized carbons (Fsp3) is 0.0526. The summed E-state index contributed by atoms with van der Waals surface area (Å²) in [4.78, 5) is 11.9. The summed E-state index contributed by atoms with van der Waals surface area (Å²) in [5.74, 6) is -0.150. The van der Waals surface area contributed by atoms with Gasteiger partial charge in [-0.05, 0) is 29.2 Å². The highest BCUT2D eigenvalue weighted by Gasteiger charge is 2.05. The maximum absolute atomic E-state index is 11.9. The van der Waals surface area contributed by atoms with E-state index in [9.17, 15) is 4.79 Å². The average molecular weight is 335 g/mol. The Labute approximate surface area is 145 Å². The Bertz CT molecular complexity index is 859. The van der Waals surface area contributed by atoms with Gasteiger partial charge in [0.05, 0.1) is 6.42 Å². The van der Waals surface area contributed by atoms with E-state index in [1.807, 2.05) is 72.8 Å². The van der Waals surface area contributed by atoms with Crippen molar-refractivity contribution in [2.75, 3.05) is 5.32 Å². The van der Waals surface area contributed by atoms with Crippen molar-refractivity contribution in [3.05, 3.63) is 78.4 Å². The Morgan fingerprint density at radius 2 is 1.54 bits per heavy atom. The molecular weight excluding hydrogens is 318 g/mol. The zero-order valence-corrected chi connectivity index (χ0v) is 13.8. The third kappa shape index (κ3) is 4.08. The number of hydrazine groups is 1. The van der Waals surface area contributed by atoms with Crippen molar-refractivity contribution < 1.29 is 4.79 Å². The summed E-state index contributed by atoms with van der Waals surface area (Å²) in [6.07, 6.45) is 0.296. The van der Waals surface area contributed by atoms with E-state index in [4.69, 9.17) is 12.2 Å². The molecule has 5 heteroatoms. The van der Waals surface area contributed by atoms with E-state index in [1.165, 1.54) is 0 Å². The molecule has 3 rings (SSSR count). The van der Waals surface area contributed by atoms with Crippen LogP contribution >= 0.6 is 12.2 Å². The summed E-state index contributed by atoms with van der Waals surface area (Å²) < 4.78 is 0. The first kappa shape index (κ1) is 16.0. The lowest BCUT2D eigenvalue weighted by molar-refractivity contribution is -0.120. The van der Waals surface area contributed by atoms with Gasteiger partial charge in [0.2, 0.25) is 5.91 Å². The van der Waals surface area contributed by atoms with Gasteiger partial charge in [0.15, 0.2) is 5.11 Å². The topological polar surface area (TPSA) is 53.2 Å². The van der Waals surface area contributed by atoms with Crippen molar-refractivity contribution in [3.8, 4) is 0 Å². The van der Waals surface area contributed by atoms with E-state index < -0.39 is 0 Å². The molecule has 0 aliphatic rings. The van der Waals surface area contributed by atoms with Gasteiger partial charge in [0, 0.05) is 11.1 Å². The van der Waals surface area contributed by atoms with Gasteiger partial charge in [0.1, 0.15) is 0 Å². The van der Waals surface area contributed by atoms with E-state index >= 15 is 0 Å². The first-order valence-corrected chi connectivity index (χ1v) is 8.01. The molecule has 0 unspecified atom stereocenters. The van der Waals surface area contributed by atoms with E-state index in [-0.39, 0.29) is 5.91 Å². The highest BCUT2D eigenvalue weighted by atomic mass is 32.1. The van der Waals surface area contributed by atoms with Crippen molar-refractivity contribution in [1.82, 2.24) is 10.9 Å². The van der Waals surface area contributed by atoms with Crippen molar-refractivity contribution in [1.29, 1.82) is 0 Å². The summed E-state index contributed by atoms with van der Waals surface area (Å²) in [5, 5.41) is 5.64. The number of hydrogen-bond donors (Lipinski definition) is 3. The van der Waals surface area contributed by atoms with E-state index in [2.05, 4.69) is 16.2 Å². The third-order valence-electron chi connectivity index (χ3n) is 3.56. The molecule has 0 aromatic heterocycles. The van der Waals surface area contributed by atoms with Gasteiger partial charge >= 0.3 is 0 Å². The molecule has 0 saturated carbocycles. The summed E-state index contributed by atoms with van der Waals surface area (Å²) in [6.45, 7) is 0. The average Bonchev–Trinajstić information content (AvgIpc) is 2.61. The van der Waals surface area contributed by atoms with Crippen LogP contribution in [0.15, 0.2) is 72.8 Å². The summed E-state index contributed by atoms with van der Waals surface area (Å²) >= 11 is 5.25. The molecule has 0 saturated heterocycles. The lowest BCUT2D eigenvalue weighted by atomic mass is 10.1. The molecule has 0 atom stereocenters. The Balaban J connectivity index is 1.56. The molecular formula is C19H17N3OS. The standard InChI is InChI=1S/C19H17N3OS/c23-18(13-14-7-2-1-3-8-14)21-22-19(24)20-17-12-6-10-15-9-4-5-11-16(15)17/h1-12H,13H2,(H,21,23)(H2,20,22,24). The molecule has 0 radical (unpaired) electrons. The van der Waals surface area contributed by atoms with Crippen molar-refractivity contribution in [3.63, 3.8) is 0 Å². The van der Waals surface area contributed by atoms with E-state index in [0.29, 0.717) is 11.5 Å². The van der Waals surface area contributed by atoms with Crippen LogP contribution in [0.3, 0.4) is 0 Å². The molecule has 4 nitrogen and oxygen atoms in total. The molecule has 120 valence electrons. The van der Waals surface area contributed by atoms with Crippen LogP contribution in [-0.2, 0) is 11.2 Å². The van der Waals surface area contributed by atoms with Gasteiger partial charge in [-0.15, -0.1) is 0 Å². The fourth-order valence-corrected chi connectivity index (χ4v) is 2.60. The zero-order chi connectivity index (χ0) is 16.8. The predicted molar refractivity (Wildman–Crippen MR) is 102 cm³/mol. The summed E-state index contributed by atoms with van der Waals surface area (Å²) in [7, 11) is 0. The first-order valence-electron chi connectivity index (χ1n) is 7.60. The smallest absolute Gasteiger partial charge is 0.242 e. The van der Waals surface area contributed by atoms with Crippen LogP contribution in [-0.4, -0.2) is 11.0 Å². The van der Waals surface area contributed by atoms with Gasteiger partial charge in [-0.25, -0.2) is 0 Å². The molecule has 1 amide bonds. The molecule has 0 fully saturated rings. The molecule has 0 aliphatic heterocycles. The van der Waals surface area contributed by atoms with Crippen LogP contribution in [0.1, 0.15) is 5.56 Å².